The highest BCUT2D eigenvalue weighted by molar-refractivity contribution is 7.99. The molecule has 0 spiro atoms. The average Bonchev–Trinajstić information content (AvgIpc) is 2.70. The lowest BCUT2D eigenvalue weighted by Crippen LogP contribution is -2.45. The van der Waals surface area contributed by atoms with Crippen molar-refractivity contribution in [2.24, 2.45) is 5.92 Å². The standard InChI is InChI=1S/C11H22N2OS/c1-4-8(2)5-9(3)13-11(14)10-6-15-7-12-10/h8-10,12H,4-7H2,1-3H3,(H,13,14). The summed E-state index contributed by atoms with van der Waals surface area (Å²) in [6.45, 7) is 6.51. The van der Waals surface area contributed by atoms with E-state index in [0.717, 1.165) is 18.1 Å². The summed E-state index contributed by atoms with van der Waals surface area (Å²) in [4.78, 5) is 11.7. The summed E-state index contributed by atoms with van der Waals surface area (Å²) in [6, 6.07) is 0.314. The van der Waals surface area contributed by atoms with Gasteiger partial charge in [-0.25, -0.2) is 0 Å². The number of carbonyl (C=O) groups excluding carboxylic acids is 1. The lowest BCUT2D eigenvalue weighted by molar-refractivity contribution is -0.123. The third kappa shape index (κ3) is 4.43. The Morgan fingerprint density at radius 3 is 2.87 bits per heavy atom. The summed E-state index contributed by atoms with van der Waals surface area (Å²) < 4.78 is 0. The molecule has 0 radical (unpaired) electrons. The minimum absolute atomic E-state index is 0.0226. The normalized spacial score (nSPS) is 24.9. The Balaban J connectivity index is 2.24. The molecule has 1 heterocycles. The molecule has 1 aliphatic rings. The SMILES string of the molecule is CCC(C)CC(C)NC(=O)C1CSCN1. The minimum atomic E-state index is 0.0226. The Bertz CT molecular complexity index is 205. The minimum Gasteiger partial charge on any atom is -0.352 e. The average molecular weight is 230 g/mol. The molecule has 1 fully saturated rings. The third-order valence-corrected chi connectivity index (χ3v) is 3.81. The molecular weight excluding hydrogens is 208 g/mol. The van der Waals surface area contributed by atoms with Crippen LogP contribution in [-0.2, 0) is 4.79 Å². The fourth-order valence-corrected chi connectivity index (χ4v) is 2.68. The molecule has 4 heteroatoms. The van der Waals surface area contributed by atoms with Crippen LogP contribution in [0.15, 0.2) is 0 Å². The van der Waals surface area contributed by atoms with Crippen LogP contribution in [0.1, 0.15) is 33.6 Å². The van der Waals surface area contributed by atoms with Crippen molar-refractivity contribution in [1.29, 1.82) is 0 Å². The van der Waals surface area contributed by atoms with Gasteiger partial charge in [0, 0.05) is 17.7 Å². The second-order valence-electron chi connectivity index (χ2n) is 4.43. The van der Waals surface area contributed by atoms with Crippen LogP contribution in [0.2, 0.25) is 0 Å². The number of hydrogen-bond donors (Lipinski definition) is 2. The molecule has 15 heavy (non-hydrogen) atoms. The Hall–Kier alpha value is -0.220. The smallest absolute Gasteiger partial charge is 0.238 e. The van der Waals surface area contributed by atoms with Crippen molar-refractivity contribution in [3.63, 3.8) is 0 Å². The highest BCUT2D eigenvalue weighted by Gasteiger charge is 2.23. The van der Waals surface area contributed by atoms with Gasteiger partial charge in [-0.2, -0.15) is 0 Å². The highest BCUT2D eigenvalue weighted by Crippen LogP contribution is 2.12. The molecule has 3 nitrogen and oxygen atoms in total. The van der Waals surface area contributed by atoms with Gasteiger partial charge in [0.25, 0.3) is 0 Å². The van der Waals surface area contributed by atoms with Gasteiger partial charge in [-0.3, -0.25) is 10.1 Å². The lowest BCUT2D eigenvalue weighted by atomic mass is 10.0. The van der Waals surface area contributed by atoms with Gasteiger partial charge in [-0.15, -0.1) is 11.8 Å². The lowest BCUT2D eigenvalue weighted by Gasteiger charge is -2.19. The van der Waals surface area contributed by atoms with Gasteiger partial charge < -0.3 is 5.32 Å². The Kier molecular flexibility index (Phi) is 5.47. The van der Waals surface area contributed by atoms with Crippen LogP contribution in [0, 0.1) is 5.92 Å². The Morgan fingerprint density at radius 1 is 1.60 bits per heavy atom. The molecule has 0 aromatic heterocycles. The molecule has 2 N–H and O–H groups in total. The molecule has 1 rings (SSSR count). The summed E-state index contributed by atoms with van der Waals surface area (Å²) in [5.41, 5.74) is 0. The summed E-state index contributed by atoms with van der Waals surface area (Å²) in [5.74, 6) is 2.65. The first-order valence-corrected chi connectivity index (χ1v) is 6.90. The van der Waals surface area contributed by atoms with E-state index < -0.39 is 0 Å². The van der Waals surface area contributed by atoms with Gasteiger partial charge in [0.05, 0.1) is 6.04 Å². The van der Waals surface area contributed by atoms with E-state index in [0.29, 0.717) is 12.0 Å². The summed E-state index contributed by atoms with van der Waals surface area (Å²) >= 11 is 1.78. The first-order chi connectivity index (χ1) is 7.13. The Morgan fingerprint density at radius 2 is 2.33 bits per heavy atom. The zero-order chi connectivity index (χ0) is 11.3. The maximum atomic E-state index is 11.7. The molecule has 3 unspecified atom stereocenters. The van der Waals surface area contributed by atoms with Gasteiger partial charge in [-0.1, -0.05) is 20.3 Å². The number of rotatable bonds is 5. The molecule has 0 aromatic rings. The first-order valence-electron chi connectivity index (χ1n) is 5.75. The predicted octanol–water partition coefficient (Wildman–Crippen LogP) is 1.59. The van der Waals surface area contributed by atoms with E-state index in [1.54, 1.807) is 11.8 Å². The Labute approximate surface area is 96.8 Å². The van der Waals surface area contributed by atoms with Crippen molar-refractivity contribution in [1.82, 2.24) is 10.6 Å². The maximum Gasteiger partial charge on any atom is 0.238 e. The van der Waals surface area contributed by atoms with Crippen molar-refractivity contribution in [3.8, 4) is 0 Å². The van der Waals surface area contributed by atoms with E-state index in [9.17, 15) is 4.79 Å². The third-order valence-electron chi connectivity index (χ3n) is 2.87. The summed E-state index contributed by atoms with van der Waals surface area (Å²) in [6.07, 6.45) is 2.25. The largest absolute Gasteiger partial charge is 0.352 e. The first kappa shape index (κ1) is 12.8. The van der Waals surface area contributed by atoms with E-state index in [-0.39, 0.29) is 11.9 Å². The fraction of sp³-hybridized carbons (Fsp3) is 0.909. The van der Waals surface area contributed by atoms with Crippen LogP contribution >= 0.6 is 11.8 Å². The van der Waals surface area contributed by atoms with Gasteiger partial charge in [0.1, 0.15) is 0 Å². The van der Waals surface area contributed by atoms with Gasteiger partial charge in [-0.05, 0) is 19.3 Å². The number of thioether (sulfide) groups is 1. The number of amides is 1. The second kappa shape index (κ2) is 6.38. The molecule has 1 saturated heterocycles. The molecule has 1 amide bonds. The molecular formula is C11H22N2OS. The van der Waals surface area contributed by atoms with Crippen LogP contribution in [0.5, 0.6) is 0 Å². The van der Waals surface area contributed by atoms with Gasteiger partial charge in [0.2, 0.25) is 5.91 Å². The van der Waals surface area contributed by atoms with Crippen LogP contribution < -0.4 is 10.6 Å². The second-order valence-corrected chi connectivity index (χ2v) is 5.46. The van der Waals surface area contributed by atoms with Crippen LogP contribution in [0.25, 0.3) is 0 Å². The monoisotopic (exact) mass is 230 g/mol. The van der Waals surface area contributed by atoms with Crippen molar-refractivity contribution in [2.45, 2.75) is 45.7 Å². The topological polar surface area (TPSA) is 41.1 Å². The molecule has 0 saturated carbocycles. The van der Waals surface area contributed by atoms with Gasteiger partial charge >= 0.3 is 0 Å². The van der Waals surface area contributed by atoms with Crippen molar-refractivity contribution in [2.75, 3.05) is 11.6 Å². The maximum absolute atomic E-state index is 11.7. The number of nitrogens with one attached hydrogen (secondary N) is 2. The van der Waals surface area contributed by atoms with Crippen molar-refractivity contribution < 1.29 is 4.79 Å². The van der Waals surface area contributed by atoms with Crippen molar-refractivity contribution in [3.05, 3.63) is 0 Å². The quantitative estimate of drug-likeness (QED) is 0.753. The summed E-state index contributed by atoms with van der Waals surface area (Å²) in [7, 11) is 0. The van der Waals surface area contributed by atoms with E-state index in [4.69, 9.17) is 0 Å². The van der Waals surface area contributed by atoms with E-state index >= 15 is 0 Å². The van der Waals surface area contributed by atoms with Gasteiger partial charge in [0.15, 0.2) is 0 Å². The molecule has 0 aromatic carbocycles. The van der Waals surface area contributed by atoms with E-state index in [2.05, 4.69) is 31.4 Å². The van der Waals surface area contributed by atoms with Crippen LogP contribution in [0.4, 0.5) is 0 Å². The predicted molar refractivity (Wildman–Crippen MR) is 65.9 cm³/mol. The van der Waals surface area contributed by atoms with E-state index in [1.165, 1.54) is 6.42 Å². The van der Waals surface area contributed by atoms with Crippen molar-refractivity contribution >= 4 is 17.7 Å². The highest BCUT2D eigenvalue weighted by atomic mass is 32.2. The molecule has 1 aliphatic heterocycles. The molecule has 88 valence electrons. The number of carbonyl (C=O) groups is 1. The number of hydrogen-bond acceptors (Lipinski definition) is 3. The van der Waals surface area contributed by atoms with Crippen LogP contribution in [-0.4, -0.2) is 29.6 Å². The fourth-order valence-electron chi connectivity index (χ4n) is 1.74. The molecule has 0 bridgehead atoms. The van der Waals surface area contributed by atoms with E-state index in [1.807, 2.05) is 0 Å². The zero-order valence-electron chi connectivity index (χ0n) is 9.88. The molecule has 3 atom stereocenters. The summed E-state index contributed by atoms with van der Waals surface area (Å²) in [5, 5.41) is 6.25. The zero-order valence-corrected chi connectivity index (χ0v) is 10.7. The van der Waals surface area contributed by atoms with Crippen LogP contribution in [0.3, 0.4) is 0 Å². The molecule has 0 aliphatic carbocycles.